The number of carboxylic acids is 3. The maximum absolute atomic E-state index is 11.9. The first-order valence-electron chi connectivity index (χ1n) is 7.35. The molecule has 3 N–H and O–H groups in total. The van der Waals surface area contributed by atoms with E-state index in [1.165, 1.54) is 6.07 Å². The maximum atomic E-state index is 11.9. The second kappa shape index (κ2) is 4.91. The highest BCUT2D eigenvalue weighted by atomic mass is 16.4. The zero-order chi connectivity index (χ0) is 17.9. The van der Waals surface area contributed by atoms with Gasteiger partial charge in [-0.1, -0.05) is 42.5 Å². The predicted molar refractivity (Wildman–Crippen MR) is 89.3 cm³/mol. The van der Waals surface area contributed by atoms with E-state index in [1.807, 2.05) is 0 Å². The van der Waals surface area contributed by atoms with Gasteiger partial charge in [0.05, 0.1) is 16.7 Å². The molecule has 1 aliphatic rings. The van der Waals surface area contributed by atoms with E-state index < -0.39 is 34.6 Å². The molecule has 0 atom stereocenters. The van der Waals surface area contributed by atoms with Crippen LogP contribution in [0.5, 0.6) is 0 Å². The molecule has 3 aromatic carbocycles. The van der Waals surface area contributed by atoms with E-state index >= 15 is 0 Å². The molecule has 0 unspecified atom stereocenters. The van der Waals surface area contributed by atoms with Crippen LogP contribution in [-0.2, 0) is 0 Å². The molecule has 6 heteroatoms. The van der Waals surface area contributed by atoms with Crippen LogP contribution >= 0.6 is 0 Å². The van der Waals surface area contributed by atoms with E-state index in [-0.39, 0.29) is 10.9 Å². The van der Waals surface area contributed by atoms with Crippen molar-refractivity contribution in [3.63, 3.8) is 0 Å². The first-order chi connectivity index (χ1) is 11.9. The number of hydrogen-bond acceptors (Lipinski definition) is 3. The molecule has 0 aliphatic heterocycles. The lowest BCUT2D eigenvalue weighted by Crippen LogP contribution is -2.16. The highest BCUT2D eigenvalue weighted by Gasteiger charge is 2.35. The number of hydrogen-bond donors (Lipinski definition) is 3. The Morgan fingerprint density at radius 1 is 0.600 bits per heavy atom. The van der Waals surface area contributed by atoms with Gasteiger partial charge in [-0.25, -0.2) is 14.4 Å². The molecule has 6 nitrogen and oxygen atoms in total. The zero-order valence-electron chi connectivity index (χ0n) is 12.6. The second-order valence-corrected chi connectivity index (χ2v) is 5.69. The topological polar surface area (TPSA) is 112 Å². The molecular formula is C19H10O6. The molecule has 0 spiro atoms. The van der Waals surface area contributed by atoms with Crippen molar-refractivity contribution in [1.29, 1.82) is 0 Å². The van der Waals surface area contributed by atoms with Crippen molar-refractivity contribution in [3.8, 4) is 22.3 Å². The molecule has 0 bridgehead atoms. The normalized spacial score (nSPS) is 11.4. The van der Waals surface area contributed by atoms with Crippen LogP contribution in [0.4, 0.5) is 0 Å². The summed E-state index contributed by atoms with van der Waals surface area (Å²) >= 11 is 0. The van der Waals surface area contributed by atoms with E-state index in [1.54, 1.807) is 36.4 Å². The monoisotopic (exact) mass is 334 g/mol. The van der Waals surface area contributed by atoms with Crippen LogP contribution in [-0.4, -0.2) is 33.2 Å². The van der Waals surface area contributed by atoms with Crippen molar-refractivity contribution in [2.24, 2.45) is 0 Å². The van der Waals surface area contributed by atoms with E-state index in [0.29, 0.717) is 16.5 Å². The van der Waals surface area contributed by atoms with Gasteiger partial charge in [0.25, 0.3) is 0 Å². The summed E-state index contributed by atoms with van der Waals surface area (Å²) in [6.07, 6.45) is 0. The lowest BCUT2D eigenvalue weighted by Gasteiger charge is -2.14. The molecule has 4 rings (SSSR count). The summed E-state index contributed by atoms with van der Waals surface area (Å²) in [5.74, 6) is -4.52. The fourth-order valence-corrected chi connectivity index (χ4v) is 3.62. The lowest BCUT2D eigenvalue weighted by molar-refractivity contribution is 0.0635. The number of aromatic carboxylic acids is 3. The van der Waals surface area contributed by atoms with Gasteiger partial charge in [0.1, 0.15) is 0 Å². The lowest BCUT2D eigenvalue weighted by atomic mass is 9.88. The number of carbonyl (C=O) groups is 3. The number of fused-ring (bicyclic) bond motifs is 3. The molecule has 1 aliphatic carbocycles. The summed E-state index contributed by atoms with van der Waals surface area (Å²) in [4.78, 5) is 35.4. The van der Waals surface area contributed by atoms with Crippen molar-refractivity contribution < 1.29 is 29.7 Å². The molecular weight excluding hydrogens is 324 g/mol. The highest BCUT2D eigenvalue weighted by molar-refractivity contribution is 6.28. The molecule has 0 radical (unpaired) electrons. The minimum atomic E-state index is -1.58. The zero-order valence-corrected chi connectivity index (χ0v) is 12.6. The predicted octanol–water partition coefficient (Wildman–Crippen LogP) is 3.58. The van der Waals surface area contributed by atoms with Crippen LogP contribution < -0.4 is 0 Å². The highest BCUT2D eigenvalue weighted by Crippen LogP contribution is 2.50. The Morgan fingerprint density at radius 2 is 1.16 bits per heavy atom. The van der Waals surface area contributed by atoms with Gasteiger partial charge in [0.2, 0.25) is 0 Å². The Hall–Kier alpha value is -3.67. The summed E-state index contributed by atoms with van der Waals surface area (Å²) in [6.45, 7) is 0. The molecule has 0 saturated carbocycles. The van der Waals surface area contributed by atoms with Gasteiger partial charge < -0.3 is 15.3 Å². The second-order valence-electron chi connectivity index (χ2n) is 5.69. The van der Waals surface area contributed by atoms with Crippen molar-refractivity contribution in [1.82, 2.24) is 0 Å². The number of carboxylic acid groups (broad SMARTS) is 3. The molecule has 25 heavy (non-hydrogen) atoms. The summed E-state index contributed by atoms with van der Waals surface area (Å²) < 4.78 is 0. The van der Waals surface area contributed by atoms with E-state index in [4.69, 9.17) is 0 Å². The van der Waals surface area contributed by atoms with Crippen molar-refractivity contribution in [3.05, 3.63) is 59.2 Å². The van der Waals surface area contributed by atoms with Gasteiger partial charge in [0.15, 0.2) is 0 Å². The first-order valence-corrected chi connectivity index (χ1v) is 7.35. The molecule has 0 fully saturated rings. The number of rotatable bonds is 3. The van der Waals surface area contributed by atoms with Crippen LogP contribution in [0.1, 0.15) is 31.1 Å². The molecule has 0 saturated heterocycles. The Labute approximate surface area is 140 Å². The minimum absolute atomic E-state index is 0.221. The first kappa shape index (κ1) is 14.9. The van der Waals surface area contributed by atoms with Crippen molar-refractivity contribution in [2.75, 3.05) is 0 Å². The Morgan fingerprint density at radius 3 is 1.76 bits per heavy atom. The third kappa shape index (κ3) is 1.82. The Kier molecular flexibility index (Phi) is 2.93. The molecule has 3 aromatic rings. The third-order valence-corrected chi connectivity index (χ3v) is 4.46. The summed E-state index contributed by atoms with van der Waals surface area (Å²) in [5.41, 5.74) is 0.612. The van der Waals surface area contributed by atoms with Crippen molar-refractivity contribution >= 4 is 28.7 Å². The van der Waals surface area contributed by atoms with E-state index in [2.05, 4.69) is 0 Å². The standard InChI is InChI=1S/C19H10O6/c20-17(21)14-11-7-3-6-9-8-4-1-2-5-10(8)13(12(9)11)15(18(22)23)16(14)19(24)25/h1-7H,(H,20,21)(H,22,23)(H,24,25). The largest absolute Gasteiger partial charge is 0.478 e. The van der Waals surface area contributed by atoms with Gasteiger partial charge >= 0.3 is 17.9 Å². The minimum Gasteiger partial charge on any atom is -0.478 e. The molecule has 122 valence electrons. The Bertz CT molecular complexity index is 1130. The fraction of sp³-hybridized carbons (Fsp3) is 0. The van der Waals surface area contributed by atoms with E-state index in [0.717, 1.165) is 5.56 Å². The van der Waals surface area contributed by atoms with Gasteiger partial charge in [-0.15, -0.1) is 0 Å². The summed E-state index contributed by atoms with van der Waals surface area (Å²) in [6, 6.07) is 12.0. The number of benzene rings is 3. The summed E-state index contributed by atoms with van der Waals surface area (Å²) in [5, 5.41) is 29.5. The quantitative estimate of drug-likeness (QED) is 0.528. The molecule has 0 amide bonds. The van der Waals surface area contributed by atoms with Crippen LogP contribution in [0.3, 0.4) is 0 Å². The average Bonchev–Trinajstić information content (AvgIpc) is 2.90. The molecule has 0 aromatic heterocycles. The smallest absolute Gasteiger partial charge is 0.337 e. The summed E-state index contributed by atoms with van der Waals surface area (Å²) in [7, 11) is 0. The van der Waals surface area contributed by atoms with Crippen LogP contribution in [0.2, 0.25) is 0 Å². The third-order valence-electron chi connectivity index (χ3n) is 4.46. The molecule has 0 heterocycles. The van der Waals surface area contributed by atoms with Gasteiger partial charge in [-0.05, 0) is 27.5 Å². The van der Waals surface area contributed by atoms with Crippen molar-refractivity contribution in [2.45, 2.75) is 0 Å². The van der Waals surface area contributed by atoms with E-state index in [9.17, 15) is 29.7 Å². The SMILES string of the molecule is O=C(O)c1c(C(=O)O)c2c3c(cccc3c1C(=O)O)-c1ccccc1-2. The maximum Gasteiger partial charge on any atom is 0.337 e. The van der Waals surface area contributed by atoms with Gasteiger partial charge in [-0.3, -0.25) is 0 Å². The Balaban J connectivity index is 2.37. The van der Waals surface area contributed by atoms with Crippen LogP contribution in [0, 0.1) is 0 Å². The van der Waals surface area contributed by atoms with Crippen LogP contribution in [0.25, 0.3) is 33.0 Å². The van der Waals surface area contributed by atoms with Gasteiger partial charge in [0, 0.05) is 5.56 Å². The van der Waals surface area contributed by atoms with Gasteiger partial charge in [-0.2, -0.15) is 0 Å². The fourth-order valence-electron chi connectivity index (χ4n) is 3.62. The van der Waals surface area contributed by atoms with Crippen LogP contribution in [0.15, 0.2) is 42.5 Å². The average molecular weight is 334 g/mol.